The second kappa shape index (κ2) is 7.24. The van der Waals surface area contributed by atoms with Gasteiger partial charge in [-0.1, -0.05) is 17.7 Å². The van der Waals surface area contributed by atoms with Crippen molar-refractivity contribution in [2.75, 3.05) is 5.32 Å². The summed E-state index contributed by atoms with van der Waals surface area (Å²) in [7, 11) is 0. The molecule has 9 nitrogen and oxygen atoms in total. The zero-order chi connectivity index (χ0) is 19.6. The minimum Gasteiger partial charge on any atom is -0.309 e. The van der Waals surface area contributed by atoms with Gasteiger partial charge in [0.05, 0.1) is 22.5 Å². The Morgan fingerprint density at radius 1 is 1.19 bits per heavy atom. The summed E-state index contributed by atoms with van der Waals surface area (Å²) < 4.78 is 2.58. The summed E-state index contributed by atoms with van der Waals surface area (Å²) in [5, 5.41) is 17.9. The van der Waals surface area contributed by atoms with Crippen molar-refractivity contribution in [2.45, 2.75) is 20.4 Å². The number of benzene rings is 1. The molecule has 0 aliphatic heterocycles. The molecule has 0 atom stereocenters. The topological polar surface area (TPSA) is 112 Å². The highest BCUT2D eigenvalue weighted by atomic mass is 16.6. The number of anilines is 1. The zero-order valence-corrected chi connectivity index (χ0v) is 14.7. The van der Waals surface area contributed by atoms with Gasteiger partial charge in [-0.05, 0) is 26.0 Å². The number of aryl methyl sites for hydroxylation is 2. The molecule has 3 aromatic rings. The van der Waals surface area contributed by atoms with Crippen LogP contribution in [0.4, 0.5) is 11.5 Å². The van der Waals surface area contributed by atoms with Crippen molar-refractivity contribution in [3.05, 3.63) is 80.4 Å². The van der Waals surface area contributed by atoms with Crippen LogP contribution in [0.1, 0.15) is 11.3 Å². The summed E-state index contributed by atoms with van der Waals surface area (Å²) in [6.07, 6.45) is 1.05. The number of nitrogens with one attached hydrogen (secondary N) is 1. The third-order valence-corrected chi connectivity index (χ3v) is 3.87. The summed E-state index contributed by atoms with van der Waals surface area (Å²) >= 11 is 0. The summed E-state index contributed by atoms with van der Waals surface area (Å²) in [6.45, 7) is 3.42. The van der Waals surface area contributed by atoms with Crippen LogP contribution < -0.4 is 10.9 Å². The second-order valence-corrected chi connectivity index (χ2v) is 6.08. The molecule has 1 amide bonds. The van der Waals surface area contributed by atoms with Gasteiger partial charge in [-0.15, -0.1) is 0 Å². The SMILES string of the molecule is Cc1ccc(-n2nc(C)cc2NC(=O)Cn2cc([N+](=O)[O-])ccc2=O)cc1. The average molecular weight is 367 g/mol. The maximum absolute atomic E-state index is 12.4. The molecule has 2 aromatic heterocycles. The number of nitrogens with zero attached hydrogens (tertiary/aromatic N) is 4. The Morgan fingerprint density at radius 2 is 1.89 bits per heavy atom. The molecule has 0 radical (unpaired) electrons. The first-order chi connectivity index (χ1) is 12.8. The van der Waals surface area contributed by atoms with Crippen LogP contribution in [0.5, 0.6) is 0 Å². The van der Waals surface area contributed by atoms with E-state index in [0.717, 1.165) is 34.1 Å². The van der Waals surface area contributed by atoms with E-state index < -0.39 is 16.4 Å². The molecule has 0 unspecified atom stereocenters. The van der Waals surface area contributed by atoms with Gasteiger partial charge >= 0.3 is 0 Å². The van der Waals surface area contributed by atoms with Gasteiger partial charge < -0.3 is 5.32 Å². The molecule has 3 rings (SSSR count). The van der Waals surface area contributed by atoms with Crippen molar-refractivity contribution in [3.8, 4) is 5.69 Å². The predicted octanol–water partition coefficient (Wildman–Crippen LogP) is 2.20. The van der Waals surface area contributed by atoms with Gasteiger partial charge in [0.1, 0.15) is 12.4 Å². The Hall–Kier alpha value is -3.75. The van der Waals surface area contributed by atoms with E-state index in [2.05, 4.69) is 10.4 Å². The number of carbonyl (C=O) groups excluding carboxylic acids is 1. The Bertz CT molecular complexity index is 1070. The van der Waals surface area contributed by atoms with Gasteiger partial charge in [-0.25, -0.2) is 4.68 Å². The lowest BCUT2D eigenvalue weighted by Gasteiger charge is -2.10. The van der Waals surface area contributed by atoms with Crippen LogP contribution in [-0.2, 0) is 11.3 Å². The molecule has 9 heteroatoms. The fourth-order valence-corrected chi connectivity index (χ4v) is 2.56. The van der Waals surface area contributed by atoms with Crippen molar-refractivity contribution < 1.29 is 9.72 Å². The lowest BCUT2D eigenvalue weighted by molar-refractivity contribution is -0.385. The first-order valence-electron chi connectivity index (χ1n) is 8.12. The predicted molar refractivity (Wildman–Crippen MR) is 99.0 cm³/mol. The number of aromatic nitrogens is 3. The van der Waals surface area contributed by atoms with Gasteiger partial charge in [-0.3, -0.25) is 24.3 Å². The van der Waals surface area contributed by atoms with Crippen LogP contribution in [0.15, 0.2) is 53.5 Å². The highest BCUT2D eigenvalue weighted by Gasteiger charge is 2.14. The maximum Gasteiger partial charge on any atom is 0.285 e. The van der Waals surface area contributed by atoms with Gasteiger partial charge in [0.2, 0.25) is 5.91 Å². The lowest BCUT2D eigenvalue weighted by Crippen LogP contribution is -2.27. The van der Waals surface area contributed by atoms with Crippen LogP contribution in [0.2, 0.25) is 0 Å². The lowest BCUT2D eigenvalue weighted by atomic mass is 10.2. The third-order valence-electron chi connectivity index (χ3n) is 3.87. The zero-order valence-electron chi connectivity index (χ0n) is 14.7. The van der Waals surface area contributed by atoms with E-state index in [-0.39, 0.29) is 12.2 Å². The monoisotopic (exact) mass is 367 g/mol. The molecular formula is C18H17N5O4. The molecule has 2 heterocycles. The third kappa shape index (κ3) is 4.09. The van der Waals surface area contributed by atoms with Crippen LogP contribution in [0, 0.1) is 24.0 Å². The first kappa shape index (κ1) is 18.1. The summed E-state index contributed by atoms with van der Waals surface area (Å²) in [5.74, 6) is -0.0503. The molecular weight excluding hydrogens is 350 g/mol. The smallest absolute Gasteiger partial charge is 0.285 e. The van der Waals surface area contributed by atoms with E-state index in [1.807, 2.05) is 31.2 Å². The van der Waals surface area contributed by atoms with Crippen molar-refractivity contribution in [3.63, 3.8) is 0 Å². The van der Waals surface area contributed by atoms with E-state index in [0.29, 0.717) is 11.5 Å². The van der Waals surface area contributed by atoms with Crippen molar-refractivity contribution >= 4 is 17.4 Å². The molecule has 1 aromatic carbocycles. The number of hydrogen-bond acceptors (Lipinski definition) is 5. The summed E-state index contributed by atoms with van der Waals surface area (Å²) in [4.78, 5) is 34.5. The van der Waals surface area contributed by atoms with Crippen LogP contribution in [-0.4, -0.2) is 25.2 Å². The number of hydrogen-bond donors (Lipinski definition) is 1. The normalized spacial score (nSPS) is 10.6. The standard InChI is InChI=1S/C18H17N5O4/c1-12-3-5-14(6-4-12)22-16(9-13(2)20-22)19-17(24)11-21-10-15(23(26)27)7-8-18(21)25/h3-10H,11H2,1-2H3,(H,19,24). The molecule has 0 saturated heterocycles. The average Bonchev–Trinajstić information content (AvgIpc) is 2.97. The molecule has 27 heavy (non-hydrogen) atoms. The molecule has 0 aliphatic carbocycles. The minimum atomic E-state index is -0.621. The number of carbonyl (C=O) groups is 1. The van der Waals surface area contributed by atoms with Crippen LogP contribution >= 0.6 is 0 Å². The molecule has 0 fully saturated rings. The van der Waals surface area contributed by atoms with Crippen LogP contribution in [0.3, 0.4) is 0 Å². The Kier molecular flexibility index (Phi) is 4.84. The molecule has 1 N–H and O–H groups in total. The van der Waals surface area contributed by atoms with Crippen molar-refractivity contribution in [1.29, 1.82) is 0 Å². The Morgan fingerprint density at radius 3 is 2.56 bits per heavy atom. The quantitative estimate of drug-likeness (QED) is 0.549. The fourth-order valence-electron chi connectivity index (χ4n) is 2.56. The first-order valence-corrected chi connectivity index (χ1v) is 8.12. The van der Waals surface area contributed by atoms with E-state index >= 15 is 0 Å². The molecule has 138 valence electrons. The minimum absolute atomic E-state index is 0.261. The van der Waals surface area contributed by atoms with E-state index in [1.54, 1.807) is 17.7 Å². The largest absolute Gasteiger partial charge is 0.309 e. The number of pyridine rings is 1. The highest BCUT2D eigenvalue weighted by molar-refractivity contribution is 5.90. The number of amides is 1. The Labute approximate surface area is 154 Å². The van der Waals surface area contributed by atoms with Crippen LogP contribution in [0.25, 0.3) is 5.69 Å². The van der Waals surface area contributed by atoms with Gasteiger partial charge in [-0.2, -0.15) is 5.10 Å². The number of rotatable bonds is 5. The molecule has 0 aliphatic rings. The maximum atomic E-state index is 12.4. The fraction of sp³-hybridized carbons (Fsp3) is 0.167. The highest BCUT2D eigenvalue weighted by Crippen LogP contribution is 2.18. The van der Waals surface area contributed by atoms with E-state index in [1.165, 1.54) is 0 Å². The van der Waals surface area contributed by atoms with Gasteiger partial charge in [0.15, 0.2) is 0 Å². The summed E-state index contributed by atoms with van der Waals surface area (Å²) in [5.41, 5.74) is 1.81. The summed E-state index contributed by atoms with van der Waals surface area (Å²) in [6, 6.07) is 11.5. The van der Waals surface area contributed by atoms with E-state index in [4.69, 9.17) is 0 Å². The van der Waals surface area contributed by atoms with Crippen molar-refractivity contribution in [2.24, 2.45) is 0 Å². The van der Waals surface area contributed by atoms with Gasteiger partial charge in [0, 0.05) is 18.2 Å². The molecule has 0 spiro atoms. The van der Waals surface area contributed by atoms with Crippen molar-refractivity contribution in [1.82, 2.24) is 14.3 Å². The van der Waals surface area contributed by atoms with E-state index in [9.17, 15) is 19.7 Å². The second-order valence-electron chi connectivity index (χ2n) is 6.08. The molecule has 0 saturated carbocycles. The van der Waals surface area contributed by atoms with Gasteiger partial charge in [0.25, 0.3) is 11.2 Å². The number of nitro groups is 1. The Balaban J connectivity index is 1.83. The molecule has 0 bridgehead atoms.